The molecule has 0 saturated carbocycles. The summed E-state index contributed by atoms with van der Waals surface area (Å²) in [6.45, 7) is 3.12. The van der Waals surface area contributed by atoms with Crippen molar-refractivity contribution in [3.05, 3.63) is 59.9 Å². The highest BCUT2D eigenvalue weighted by Gasteiger charge is 2.27. The highest BCUT2D eigenvalue weighted by molar-refractivity contribution is 5.78. The highest BCUT2D eigenvalue weighted by atomic mass is 19.1. The van der Waals surface area contributed by atoms with Crippen LogP contribution in [0.5, 0.6) is 11.5 Å². The second-order valence-corrected chi connectivity index (χ2v) is 5.93. The van der Waals surface area contributed by atoms with E-state index in [0.29, 0.717) is 24.6 Å². The number of likely N-dealkylation sites (tertiary alicyclic amines) is 1. The molecule has 1 aliphatic rings. The number of aryl methyl sites for hydroxylation is 1. The maximum Gasteiger partial charge on any atom is 0.260 e. The Morgan fingerprint density at radius 3 is 2.75 bits per heavy atom. The van der Waals surface area contributed by atoms with Gasteiger partial charge >= 0.3 is 0 Å². The third kappa shape index (κ3) is 4.25. The van der Waals surface area contributed by atoms with E-state index in [9.17, 15) is 9.18 Å². The Balaban J connectivity index is 1.48. The summed E-state index contributed by atoms with van der Waals surface area (Å²) in [5, 5.41) is 0. The van der Waals surface area contributed by atoms with Crippen LogP contribution in [0.4, 0.5) is 4.39 Å². The number of carbonyl (C=O) groups excluding carboxylic acids is 1. The summed E-state index contributed by atoms with van der Waals surface area (Å²) in [4.78, 5) is 13.9. The smallest absolute Gasteiger partial charge is 0.260 e. The predicted molar refractivity (Wildman–Crippen MR) is 88.7 cm³/mol. The van der Waals surface area contributed by atoms with Gasteiger partial charge in [0.1, 0.15) is 23.4 Å². The Morgan fingerprint density at radius 2 is 2.00 bits per heavy atom. The minimum atomic E-state index is -0.329. The molecule has 5 heteroatoms. The maximum atomic E-state index is 13.2. The molecule has 2 aromatic rings. The largest absolute Gasteiger partial charge is 0.488 e. The highest BCUT2D eigenvalue weighted by Crippen LogP contribution is 2.19. The van der Waals surface area contributed by atoms with Gasteiger partial charge in [-0.25, -0.2) is 4.39 Å². The Hall–Kier alpha value is -2.56. The number of ether oxygens (including phenoxy) is 2. The molecule has 0 N–H and O–H groups in total. The quantitative estimate of drug-likeness (QED) is 0.846. The van der Waals surface area contributed by atoms with Gasteiger partial charge in [0.15, 0.2) is 6.61 Å². The van der Waals surface area contributed by atoms with Crippen LogP contribution in [0.15, 0.2) is 48.5 Å². The van der Waals surface area contributed by atoms with Gasteiger partial charge in [-0.3, -0.25) is 4.79 Å². The van der Waals surface area contributed by atoms with Crippen LogP contribution in [0.25, 0.3) is 0 Å². The Bertz CT molecular complexity index is 702. The fourth-order valence-electron chi connectivity index (χ4n) is 2.65. The molecule has 0 bridgehead atoms. The summed E-state index contributed by atoms with van der Waals surface area (Å²) < 4.78 is 24.4. The number of halogens is 1. The maximum absolute atomic E-state index is 13.2. The van der Waals surface area contributed by atoms with Crippen molar-refractivity contribution in [1.29, 1.82) is 0 Å². The molecule has 0 aliphatic carbocycles. The standard InChI is InChI=1S/C19H20FNO3/c1-14-5-7-16(8-6-14)23-13-19(22)21-10-9-18(12-21)24-17-4-2-3-15(20)11-17/h2-8,11,18H,9-10,12-13H2,1H3. The van der Waals surface area contributed by atoms with Crippen molar-refractivity contribution < 1.29 is 18.7 Å². The Morgan fingerprint density at radius 1 is 1.21 bits per heavy atom. The molecule has 1 saturated heterocycles. The second-order valence-electron chi connectivity index (χ2n) is 5.93. The minimum absolute atomic E-state index is 0.00967. The van der Waals surface area contributed by atoms with Gasteiger partial charge in [0.05, 0.1) is 6.54 Å². The first-order valence-electron chi connectivity index (χ1n) is 7.99. The van der Waals surface area contributed by atoms with E-state index in [-0.39, 0.29) is 24.4 Å². The molecule has 1 amide bonds. The van der Waals surface area contributed by atoms with Crippen molar-refractivity contribution in [3.63, 3.8) is 0 Å². The van der Waals surface area contributed by atoms with Crippen LogP contribution in [-0.4, -0.2) is 36.6 Å². The van der Waals surface area contributed by atoms with Crippen LogP contribution in [0.3, 0.4) is 0 Å². The normalized spacial score (nSPS) is 16.9. The molecule has 0 spiro atoms. The fourth-order valence-corrected chi connectivity index (χ4v) is 2.65. The first kappa shape index (κ1) is 16.3. The number of benzene rings is 2. The molecular weight excluding hydrogens is 309 g/mol. The molecule has 0 radical (unpaired) electrons. The number of rotatable bonds is 5. The topological polar surface area (TPSA) is 38.8 Å². The molecule has 4 nitrogen and oxygen atoms in total. The molecule has 2 aromatic carbocycles. The molecule has 1 heterocycles. The van der Waals surface area contributed by atoms with Gasteiger partial charge in [-0.05, 0) is 31.2 Å². The molecule has 0 aromatic heterocycles. The van der Waals surface area contributed by atoms with Crippen molar-refractivity contribution in [1.82, 2.24) is 4.90 Å². The molecule has 3 rings (SSSR count). The molecule has 24 heavy (non-hydrogen) atoms. The molecule has 126 valence electrons. The number of hydrogen-bond donors (Lipinski definition) is 0. The fraction of sp³-hybridized carbons (Fsp3) is 0.316. The van der Waals surface area contributed by atoms with Crippen molar-refractivity contribution in [2.24, 2.45) is 0 Å². The van der Waals surface area contributed by atoms with Gasteiger partial charge in [-0.15, -0.1) is 0 Å². The van der Waals surface area contributed by atoms with Gasteiger partial charge in [-0.2, -0.15) is 0 Å². The lowest BCUT2D eigenvalue weighted by atomic mass is 10.2. The molecule has 1 atom stereocenters. The first-order valence-corrected chi connectivity index (χ1v) is 7.99. The molecule has 1 fully saturated rings. The summed E-state index contributed by atoms with van der Waals surface area (Å²) in [5.41, 5.74) is 1.14. The van der Waals surface area contributed by atoms with Gasteiger partial charge in [0.25, 0.3) is 5.91 Å². The first-order chi connectivity index (χ1) is 11.6. The second kappa shape index (κ2) is 7.34. The summed E-state index contributed by atoms with van der Waals surface area (Å²) in [6, 6.07) is 13.6. The van der Waals surface area contributed by atoms with Crippen LogP contribution in [0, 0.1) is 12.7 Å². The average Bonchev–Trinajstić information content (AvgIpc) is 3.03. The van der Waals surface area contributed by atoms with E-state index in [1.807, 2.05) is 31.2 Å². The van der Waals surface area contributed by atoms with Gasteiger partial charge < -0.3 is 14.4 Å². The zero-order chi connectivity index (χ0) is 16.9. The van der Waals surface area contributed by atoms with E-state index >= 15 is 0 Å². The summed E-state index contributed by atoms with van der Waals surface area (Å²) >= 11 is 0. The van der Waals surface area contributed by atoms with Crippen LogP contribution in [0.1, 0.15) is 12.0 Å². The van der Waals surface area contributed by atoms with Crippen molar-refractivity contribution in [2.45, 2.75) is 19.4 Å². The molecular formula is C19H20FNO3. The summed E-state index contributed by atoms with van der Waals surface area (Å²) in [7, 11) is 0. The van der Waals surface area contributed by atoms with Crippen molar-refractivity contribution in [3.8, 4) is 11.5 Å². The van der Waals surface area contributed by atoms with Crippen LogP contribution in [-0.2, 0) is 4.79 Å². The Labute approximate surface area is 140 Å². The lowest BCUT2D eigenvalue weighted by molar-refractivity contribution is -0.132. The third-order valence-electron chi connectivity index (χ3n) is 3.98. The number of amides is 1. The number of carbonyl (C=O) groups is 1. The number of hydrogen-bond acceptors (Lipinski definition) is 3. The zero-order valence-corrected chi connectivity index (χ0v) is 13.6. The van der Waals surface area contributed by atoms with E-state index in [1.54, 1.807) is 17.0 Å². The van der Waals surface area contributed by atoms with Gasteiger partial charge in [-0.1, -0.05) is 23.8 Å². The Kier molecular flexibility index (Phi) is 4.99. The van der Waals surface area contributed by atoms with E-state index in [1.165, 1.54) is 12.1 Å². The third-order valence-corrected chi connectivity index (χ3v) is 3.98. The monoisotopic (exact) mass is 329 g/mol. The van der Waals surface area contributed by atoms with E-state index in [4.69, 9.17) is 9.47 Å². The lowest BCUT2D eigenvalue weighted by Crippen LogP contribution is -2.34. The van der Waals surface area contributed by atoms with E-state index in [2.05, 4.69) is 0 Å². The van der Waals surface area contributed by atoms with Crippen molar-refractivity contribution >= 4 is 5.91 Å². The lowest BCUT2D eigenvalue weighted by Gasteiger charge is -2.17. The zero-order valence-electron chi connectivity index (χ0n) is 13.6. The predicted octanol–water partition coefficient (Wildman–Crippen LogP) is 3.19. The summed E-state index contributed by atoms with van der Waals surface area (Å²) in [5.74, 6) is 0.775. The van der Waals surface area contributed by atoms with Crippen molar-refractivity contribution in [2.75, 3.05) is 19.7 Å². The number of nitrogens with zero attached hydrogens (tertiary/aromatic N) is 1. The van der Waals surface area contributed by atoms with Gasteiger partial charge in [0, 0.05) is 19.0 Å². The SMILES string of the molecule is Cc1ccc(OCC(=O)N2CCC(Oc3cccc(F)c3)C2)cc1. The van der Waals surface area contributed by atoms with E-state index < -0.39 is 0 Å². The molecule has 1 aliphatic heterocycles. The van der Waals surface area contributed by atoms with E-state index in [0.717, 1.165) is 12.0 Å². The minimum Gasteiger partial charge on any atom is -0.488 e. The average molecular weight is 329 g/mol. The van der Waals surface area contributed by atoms with Gasteiger partial charge in [0.2, 0.25) is 0 Å². The van der Waals surface area contributed by atoms with Crippen LogP contribution >= 0.6 is 0 Å². The van der Waals surface area contributed by atoms with Crippen LogP contribution < -0.4 is 9.47 Å². The van der Waals surface area contributed by atoms with Crippen LogP contribution in [0.2, 0.25) is 0 Å². The summed E-state index contributed by atoms with van der Waals surface area (Å²) in [6.07, 6.45) is 0.613. The molecule has 1 unspecified atom stereocenters.